The maximum Gasteiger partial charge on any atom is 0.252 e. The maximum absolute atomic E-state index is 12.4. The summed E-state index contributed by atoms with van der Waals surface area (Å²) in [5.74, 6) is -0.0955. The zero-order valence-corrected chi connectivity index (χ0v) is 14.5. The molecule has 2 aromatic rings. The van der Waals surface area contributed by atoms with Gasteiger partial charge in [0.05, 0.1) is 25.0 Å². The number of aromatic nitrogens is 3. The lowest BCUT2D eigenvalue weighted by Gasteiger charge is -2.32. The molecule has 3 rings (SSSR count). The van der Waals surface area contributed by atoms with Crippen molar-refractivity contribution in [1.29, 1.82) is 0 Å². The molecule has 0 aliphatic carbocycles. The molecule has 0 aromatic carbocycles. The third-order valence-electron chi connectivity index (χ3n) is 4.41. The Morgan fingerprint density at radius 2 is 2.04 bits per heavy atom. The highest BCUT2D eigenvalue weighted by atomic mass is 16.5. The normalized spacial score (nSPS) is 17.3. The second-order valence-corrected chi connectivity index (χ2v) is 6.53. The summed E-state index contributed by atoms with van der Waals surface area (Å²) in [6, 6.07) is 2.38. The standard InChI is InChI=1S/C17H25N5O2/c1-12(2)22-16-14(11-20-22)8-15(10-18-16)17(23)19-9-13(3)21-4-6-24-7-5-21/h8,10-13H,4-7,9H2,1-3H3,(H,19,23)/t13-/m1/s1. The fraction of sp³-hybridized carbons (Fsp3) is 0.588. The molecule has 3 heterocycles. The van der Waals surface area contributed by atoms with E-state index in [-0.39, 0.29) is 11.9 Å². The van der Waals surface area contributed by atoms with E-state index in [2.05, 4.69) is 41.1 Å². The Morgan fingerprint density at radius 3 is 2.75 bits per heavy atom. The van der Waals surface area contributed by atoms with Gasteiger partial charge in [-0.2, -0.15) is 5.10 Å². The Morgan fingerprint density at radius 1 is 1.29 bits per heavy atom. The number of pyridine rings is 1. The Labute approximate surface area is 142 Å². The van der Waals surface area contributed by atoms with Crippen LogP contribution in [0.2, 0.25) is 0 Å². The molecule has 0 saturated carbocycles. The molecule has 7 heteroatoms. The molecule has 24 heavy (non-hydrogen) atoms. The molecular weight excluding hydrogens is 306 g/mol. The van der Waals surface area contributed by atoms with Gasteiger partial charge in [-0.05, 0) is 26.8 Å². The second kappa shape index (κ2) is 7.27. The van der Waals surface area contributed by atoms with Crippen LogP contribution < -0.4 is 5.32 Å². The summed E-state index contributed by atoms with van der Waals surface area (Å²) in [7, 11) is 0. The molecular formula is C17H25N5O2. The Kier molecular flexibility index (Phi) is 5.11. The Bertz CT molecular complexity index is 706. The first-order valence-corrected chi connectivity index (χ1v) is 8.49. The van der Waals surface area contributed by atoms with Crippen molar-refractivity contribution >= 4 is 16.9 Å². The molecule has 1 atom stereocenters. The van der Waals surface area contributed by atoms with Crippen LogP contribution in [-0.4, -0.2) is 64.5 Å². The van der Waals surface area contributed by atoms with Gasteiger partial charge in [-0.3, -0.25) is 9.69 Å². The van der Waals surface area contributed by atoms with Crippen molar-refractivity contribution in [3.63, 3.8) is 0 Å². The van der Waals surface area contributed by atoms with Crippen molar-refractivity contribution in [3.05, 3.63) is 24.0 Å². The van der Waals surface area contributed by atoms with Gasteiger partial charge in [-0.1, -0.05) is 0 Å². The lowest BCUT2D eigenvalue weighted by Crippen LogP contribution is -2.47. The number of hydrogen-bond donors (Lipinski definition) is 1. The lowest BCUT2D eigenvalue weighted by atomic mass is 10.2. The van der Waals surface area contributed by atoms with E-state index >= 15 is 0 Å². The number of morpholine rings is 1. The smallest absolute Gasteiger partial charge is 0.252 e. The predicted molar refractivity (Wildman–Crippen MR) is 92.1 cm³/mol. The van der Waals surface area contributed by atoms with Gasteiger partial charge in [0, 0.05) is 43.3 Å². The van der Waals surface area contributed by atoms with Crippen LogP contribution in [0.3, 0.4) is 0 Å². The number of hydrogen-bond acceptors (Lipinski definition) is 5. The Balaban J connectivity index is 1.63. The van der Waals surface area contributed by atoms with Crippen LogP contribution in [0.25, 0.3) is 11.0 Å². The third kappa shape index (κ3) is 3.57. The molecule has 1 aliphatic heterocycles. The first-order chi connectivity index (χ1) is 11.6. The van der Waals surface area contributed by atoms with Gasteiger partial charge >= 0.3 is 0 Å². The SMILES string of the molecule is CC(C)n1ncc2cc(C(=O)NC[C@@H](C)N3CCOCC3)cnc21. The highest BCUT2D eigenvalue weighted by Crippen LogP contribution is 2.16. The molecule has 2 aromatic heterocycles. The second-order valence-electron chi connectivity index (χ2n) is 6.53. The summed E-state index contributed by atoms with van der Waals surface area (Å²) in [5, 5.41) is 8.22. The van der Waals surface area contributed by atoms with Crippen molar-refractivity contribution in [3.8, 4) is 0 Å². The van der Waals surface area contributed by atoms with E-state index in [0.29, 0.717) is 18.2 Å². The molecule has 130 valence electrons. The molecule has 7 nitrogen and oxygen atoms in total. The summed E-state index contributed by atoms with van der Waals surface area (Å²) in [5.41, 5.74) is 1.38. The summed E-state index contributed by atoms with van der Waals surface area (Å²) in [4.78, 5) is 19.1. The molecule has 0 spiro atoms. The van der Waals surface area contributed by atoms with Gasteiger partial charge in [0.1, 0.15) is 0 Å². The highest BCUT2D eigenvalue weighted by molar-refractivity contribution is 5.96. The first-order valence-electron chi connectivity index (χ1n) is 8.49. The quantitative estimate of drug-likeness (QED) is 0.898. The number of nitrogens with zero attached hydrogens (tertiary/aromatic N) is 4. The van der Waals surface area contributed by atoms with Crippen molar-refractivity contribution in [2.45, 2.75) is 32.9 Å². The van der Waals surface area contributed by atoms with Crippen molar-refractivity contribution < 1.29 is 9.53 Å². The lowest BCUT2D eigenvalue weighted by molar-refractivity contribution is 0.0204. The van der Waals surface area contributed by atoms with Crippen LogP contribution in [0.1, 0.15) is 37.2 Å². The number of nitrogens with one attached hydrogen (secondary N) is 1. The summed E-state index contributed by atoms with van der Waals surface area (Å²) < 4.78 is 7.22. The van der Waals surface area contributed by atoms with Crippen molar-refractivity contribution in [2.75, 3.05) is 32.8 Å². The molecule has 0 radical (unpaired) electrons. The van der Waals surface area contributed by atoms with Gasteiger partial charge in [-0.25, -0.2) is 9.67 Å². The molecule has 1 aliphatic rings. The predicted octanol–water partition coefficient (Wildman–Crippen LogP) is 1.46. The van der Waals surface area contributed by atoms with E-state index < -0.39 is 0 Å². The first kappa shape index (κ1) is 16.9. The van der Waals surface area contributed by atoms with Gasteiger partial charge in [0.15, 0.2) is 5.65 Å². The van der Waals surface area contributed by atoms with Crippen LogP contribution in [0.15, 0.2) is 18.5 Å². The van der Waals surface area contributed by atoms with Crippen LogP contribution >= 0.6 is 0 Å². The van der Waals surface area contributed by atoms with E-state index in [4.69, 9.17) is 4.74 Å². The number of carbonyl (C=O) groups is 1. The average Bonchev–Trinajstić information content (AvgIpc) is 3.03. The number of rotatable bonds is 5. The van der Waals surface area contributed by atoms with Crippen LogP contribution in [-0.2, 0) is 4.74 Å². The van der Waals surface area contributed by atoms with E-state index in [9.17, 15) is 4.79 Å². The van der Waals surface area contributed by atoms with Crippen LogP contribution in [0.5, 0.6) is 0 Å². The van der Waals surface area contributed by atoms with Crippen molar-refractivity contribution in [2.24, 2.45) is 0 Å². The van der Waals surface area contributed by atoms with Gasteiger partial charge in [0.25, 0.3) is 5.91 Å². The zero-order chi connectivity index (χ0) is 17.1. The summed E-state index contributed by atoms with van der Waals surface area (Å²) in [6.07, 6.45) is 3.38. The highest BCUT2D eigenvalue weighted by Gasteiger charge is 2.18. The van der Waals surface area contributed by atoms with Gasteiger partial charge in [-0.15, -0.1) is 0 Å². The topological polar surface area (TPSA) is 72.3 Å². The summed E-state index contributed by atoms with van der Waals surface area (Å²) >= 11 is 0. The van der Waals surface area contributed by atoms with Crippen LogP contribution in [0, 0.1) is 0 Å². The van der Waals surface area contributed by atoms with E-state index in [1.165, 1.54) is 0 Å². The Hall–Kier alpha value is -1.99. The van der Waals surface area contributed by atoms with E-state index in [1.54, 1.807) is 12.4 Å². The number of amides is 1. The molecule has 1 amide bonds. The number of fused-ring (bicyclic) bond motifs is 1. The largest absolute Gasteiger partial charge is 0.379 e. The minimum atomic E-state index is -0.0955. The minimum Gasteiger partial charge on any atom is -0.379 e. The minimum absolute atomic E-state index is 0.0955. The van der Waals surface area contributed by atoms with E-state index in [1.807, 2.05) is 10.7 Å². The molecule has 0 unspecified atom stereocenters. The van der Waals surface area contributed by atoms with Gasteiger partial charge < -0.3 is 10.1 Å². The van der Waals surface area contributed by atoms with Crippen LogP contribution in [0.4, 0.5) is 0 Å². The monoisotopic (exact) mass is 331 g/mol. The zero-order valence-electron chi connectivity index (χ0n) is 14.5. The number of carbonyl (C=O) groups excluding carboxylic acids is 1. The molecule has 1 N–H and O–H groups in total. The average molecular weight is 331 g/mol. The maximum atomic E-state index is 12.4. The van der Waals surface area contributed by atoms with Gasteiger partial charge in [0.2, 0.25) is 0 Å². The molecule has 1 fully saturated rings. The number of ether oxygens (including phenoxy) is 1. The molecule has 0 bridgehead atoms. The fourth-order valence-electron chi connectivity index (χ4n) is 2.93. The molecule has 1 saturated heterocycles. The fourth-order valence-corrected chi connectivity index (χ4v) is 2.93. The third-order valence-corrected chi connectivity index (χ3v) is 4.41. The van der Waals surface area contributed by atoms with Crippen molar-refractivity contribution in [1.82, 2.24) is 25.0 Å². The van der Waals surface area contributed by atoms with E-state index in [0.717, 1.165) is 37.3 Å². The summed E-state index contributed by atoms with van der Waals surface area (Å²) in [6.45, 7) is 10.2.